The summed E-state index contributed by atoms with van der Waals surface area (Å²) in [6.45, 7) is -0.199. The van der Waals surface area contributed by atoms with Crippen LogP contribution in [0.4, 0.5) is 17.1 Å². The Kier molecular flexibility index (Phi) is 4.92. The maximum absolute atomic E-state index is 12.1. The molecular weight excluding hydrogens is 324 g/mol. The van der Waals surface area contributed by atoms with E-state index in [-0.39, 0.29) is 5.69 Å². The van der Waals surface area contributed by atoms with E-state index in [0.29, 0.717) is 19.4 Å². The van der Waals surface area contributed by atoms with Gasteiger partial charge >= 0.3 is 5.97 Å². The van der Waals surface area contributed by atoms with Gasteiger partial charge in [-0.05, 0) is 18.9 Å². The second kappa shape index (κ2) is 6.89. The Morgan fingerprint density at radius 3 is 2.58 bits per heavy atom. The summed E-state index contributed by atoms with van der Waals surface area (Å²) in [5.41, 5.74) is -0.794. The van der Waals surface area contributed by atoms with Gasteiger partial charge in [0.05, 0.1) is 15.9 Å². The number of aliphatic carboxylic acids is 1. The van der Waals surface area contributed by atoms with Crippen molar-refractivity contribution in [1.29, 1.82) is 0 Å². The lowest BCUT2D eigenvalue weighted by molar-refractivity contribution is -0.393. The van der Waals surface area contributed by atoms with Gasteiger partial charge in [-0.3, -0.25) is 29.8 Å². The molecule has 1 amide bonds. The first-order chi connectivity index (χ1) is 11.3. The van der Waals surface area contributed by atoms with Crippen molar-refractivity contribution in [2.75, 3.05) is 18.0 Å². The highest BCUT2D eigenvalue weighted by Crippen LogP contribution is 2.36. The number of carbonyl (C=O) groups is 2. The van der Waals surface area contributed by atoms with E-state index in [0.717, 1.165) is 12.1 Å². The molecule has 0 spiro atoms. The number of carboxylic acids is 1. The number of nitro groups is 2. The molecule has 1 atom stereocenters. The Morgan fingerprint density at radius 2 is 2.00 bits per heavy atom. The zero-order valence-electron chi connectivity index (χ0n) is 12.4. The fourth-order valence-electron chi connectivity index (χ4n) is 2.62. The van der Waals surface area contributed by atoms with Crippen LogP contribution in [0, 0.1) is 20.2 Å². The van der Waals surface area contributed by atoms with Crippen molar-refractivity contribution in [3.05, 3.63) is 38.4 Å². The van der Waals surface area contributed by atoms with Crippen LogP contribution < -0.4 is 10.2 Å². The number of carbonyl (C=O) groups excluding carboxylic acids is 1. The quantitative estimate of drug-likeness (QED) is 0.566. The van der Waals surface area contributed by atoms with Gasteiger partial charge in [0.1, 0.15) is 18.3 Å². The average Bonchev–Trinajstić information content (AvgIpc) is 3.01. The number of benzene rings is 1. The third-order valence-corrected chi connectivity index (χ3v) is 3.65. The van der Waals surface area contributed by atoms with E-state index in [1.165, 1.54) is 11.0 Å². The van der Waals surface area contributed by atoms with Gasteiger partial charge in [0.2, 0.25) is 5.91 Å². The summed E-state index contributed by atoms with van der Waals surface area (Å²) in [5, 5.41) is 32.9. The smallest absolute Gasteiger partial charge is 0.322 e. The van der Waals surface area contributed by atoms with E-state index >= 15 is 0 Å². The molecule has 0 aromatic heterocycles. The van der Waals surface area contributed by atoms with Crippen LogP contribution in [0.2, 0.25) is 0 Å². The molecular formula is C13H14N4O7. The largest absolute Gasteiger partial charge is 0.480 e. The predicted octanol–water partition coefficient (Wildman–Crippen LogP) is 0.673. The van der Waals surface area contributed by atoms with Crippen LogP contribution in [0.15, 0.2) is 18.2 Å². The summed E-state index contributed by atoms with van der Waals surface area (Å²) in [6.07, 6.45) is 0.985. The molecule has 0 saturated carbocycles. The van der Waals surface area contributed by atoms with Gasteiger partial charge < -0.3 is 15.3 Å². The van der Waals surface area contributed by atoms with Gasteiger partial charge in [-0.25, -0.2) is 0 Å². The average molecular weight is 338 g/mol. The third-order valence-electron chi connectivity index (χ3n) is 3.65. The minimum atomic E-state index is -1.20. The van der Waals surface area contributed by atoms with E-state index in [9.17, 15) is 29.8 Å². The second-order valence-corrected chi connectivity index (χ2v) is 5.15. The van der Waals surface area contributed by atoms with Crippen molar-refractivity contribution < 1.29 is 24.5 Å². The van der Waals surface area contributed by atoms with Crippen LogP contribution in [0.25, 0.3) is 0 Å². The second-order valence-electron chi connectivity index (χ2n) is 5.15. The highest BCUT2D eigenvalue weighted by Gasteiger charge is 2.35. The van der Waals surface area contributed by atoms with E-state index in [1.807, 2.05) is 0 Å². The Bertz CT molecular complexity index is 706. The number of carboxylic acid groups (broad SMARTS) is 1. The van der Waals surface area contributed by atoms with E-state index in [4.69, 9.17) is 5.11 Å². The molecule has 1 saturated heterocycles. The van der Waals surface area contributed by atoms with Crippen LogP contribution in [0.3, 0.4) is 0 Å². The number of hydrogen-bond acceptors (Lipinski definition) is 7. The topological polar surface area (TPSA) is 156 Å². The lowest BCUT2D eigenvalue weighted by Gasteiger charge is -2.25. The molecule has 0 aliphatic carbocycles. The van der Waals surface area contributed by atoms with Crippen molar-refractivity contribution in [1.82, 2.24) is 5.32 Å². The lowest BCUT2D eigenvalue weighted by Crippen LogP contribution is -2.45. The van der Waals surface area contributed by atoms with Crippen LogP contribution in [0.5, 0.6) is 0 Å². The molecule has 1 aromatic rings. The number of nitro benzene ring substituents is 2. The molecule has 11 nitrogen and oxygen atoms in total. The number of rotatable bonds is 6. The summed E-state index contributed by atoms with van der Waals surface area (Å²) in [7, 11) is 0. The van der Waals surface area contributed by atoms with Crippen molar-refractivity contribution in [3.8, 4) is 0 Å². The first-order valence-electron chi connectivity index (χ1n) is 7.00. The van der Waals surface area contributed by atoms with Crippen LogP contribution >= 0.6 is 0 Å². The monoisotopic (exact) mass is 338 g/mol. The Hall–Kier alpha value is -3.24. The fourth-order valence-corrected chi connectivity index (χ4v) is 2.62. The van der Waals surface area contributed by atoms with Crippen LogP contribution in [-0.4, -0.2) is 46.0 Å². The molecule has 1 aromatic carbocycles. The molecule has 1 aliphatic heterocycles. The number of nitrogens with zero attached hydrogens (tertiary/aromatic N) is 3. The number of non-ortho nitro benzene ring substituents is 1. The SMILES string of the molecule is O=C(O)CNC(=O)[C@@H]1CCCN1c1ccc([N+](=O)[O-])cc1[N+](=O)[O-]. The molecule has 11 heteroatoms. The zero-order chi connectivity index (χ0) is 17.9. The molecule has 128 valence electrons. The van der Waals surface area contributed by atoms with Gasteiger partial charge in [-0.15, -0.1) is 0 Å². The van der Waals surface area contributed by atoms with Crippen molar-refractivity contribution >= 4 is 28.9 Å². The Labute approximate surface area is 135 Å². The first-order valence-corrected chi connectivity index (χ1v) is 7.00. The molecule has 24 heavy (non-hydrogen) atoms. The van der Waals surface area contributed by atoms with E-state index < -0.39 is 45.7 Å². The first kappa shape index (κ1) is 17.1. The number of anilines is 1. The third kappa shape index (κ3) is 3.56. The number of amides is 1. The predicted molar refractivity (Wildman–Crippen MR) is 80.8 cm³/mol. The van der Waals surface area contributed by atoms with Crippen molar-refractivity contribution in [3.63, 3.8) is 0 Å². The molecule has 0 bridgehead atoms. The molecule has 0 unspecified atom stereocenters. The highest BCUT2D eigenvalue weighted by molar-refractivity contribution is 5.89. The molecule has 1 fully saturated rings. The van der Waals surface area contributed by atoms with Crippen LogP contribution in [0.1, 0.15) is 12.8 Å². The van der Waals surface area contributed by atoms with Crippen LogP contribution in [-0.2, 0) is 9.59 Å². The molecule has 1 aliphatic rings. The maximum atomic E-state index is 12.1. The molecule has 2 rings (SSSR count). The minimum absolute atomic E-state index is 0.0959. The molecule has 2 N–H and O–H groups in total. The van der Waals surface area contributed by atoms with Crippen molar-refractivity contribution in [2.45, 2.75) is 18.9 Å². The summed E-state index contributed by atoms with van der Waals surface area (Å²) in [4.78, 5) is 44.6. The summed E-state index contributed by atoms with van der Waals surface area (Å²) in [5.74, 6) is -1.75. The van der Waals surface area contributed by atoms with Crippen molar-refractivity contribution in [2.24, 2.45) is 0 Å². The Morgan fingerprint density at radius 1 is 1.29 bits per heavy atom. The summed E-state index contributed by atoms with van der Waals surface area (Å²) in [6, 6.07) is 2.45. The van der Waals surface area contributed by atoms with E-state index in [2.05, 4.69) is 5.32 Å². The van der Waals surface area contributed by atoms with Gasteiger partial charge in [0.25, 0.3) is 11.4 Å². The molecule has 1 heterocycles. The van der Waals surface area contributed by atoms with Gasteiger partial charge in [0.15, 0.2) is 0 Å². The maximum Gasteiger partial charge on any atom is 0.322 e. The zero-order valence-corrected chi connectivity index (χ0v) is 12.4. The minimum Gasteiger partial charge on any atom is -0.480 e. The van der Waals surface area contributed by atoms with Gasteiger partial charge in [0, 0.05) is 12.6 Å². The highest BCUT2D eigenvalue weighted by atomic mass is 16.6. The normalized spacial score (nSPS) is 16.7. The lowest BCUT2D eigenvalue weighted by atomic mass is 10.1. The standard InChI is InChI=1S/C13H14N4O7/c18-12(19)7-14-13(20)10-2-1-5-15(10)9-4-3-8(16(21)22)6-11(9)17(23)24/h3-4,6,10H,1-2,5,7H2,(H,14,20)(H,18,19)/t10-/m0/s1. The summed E-state index contributed by atoms with van der Waals surface area (Å²) >= 11 is 0. The summed E-state index contributed by atoms with van der Waals surface area (Å²) < 4.78 is 0. The number of nitrogens with one attached hydrogen (secondary N) is 1. The fraction of sp³-hybridized carbons (Fsp3) is 0.385. The number of hydrogen-bond donors (Lipinski definition) is 2. The Balaban J connectivity index is 2.32. The van der Waals surface area contributed by atoms with E-state index in [1.54, 1.807) is 0 Å². The molecule has 0 radical (unpaired) electrons. The van der Waals surface area contributed by atoms with Gasteiger partial charge in [-0.2, -0.15) is 0 Å². The van der Waals surface area contributed by atoms with Gasteiger partial charge in [-0.1, -0.05) is 0 Å².